The molecule has 0 fully saturated rings. The van der Waals surface area contributed by atoms with Crippen LogP contribution in [0, 0.1) is 13.8 Å². The molecule has 0 bridgehead atoms. The molecule has 0 saturated heterocycles. The number of hydrogen-bond acceptors (Lipinski definition) is 4. The van der Waals surface area contributed by atoms with Crippen LogP contribution in [0.3, 0.4) is 0 Å². The van der Waals surface area contributed by atoms with E-state index in [0.717, 1.165) is 53.0 Å². The largest absolute Gasteiger partial charge is 0.459 e. The highest BCUT2D eigenvalue weighted by Gasteiger charge is 2.20. The van der Waals surface area contributed by atoms with Crippen LogP contribution < -0.4 is 10.6 Å². The molecule has 2 amide bonds. The fourth-order valence-corrected chi connectivity index (χ4v) is 3.47. The van der Waals surface area contributed by atoms with Crippen LogP contribution in [0.1, 0.15) is 41.2 Å². The van der Waals surface area contributed by atoms with Crippen molar-refractivity contribution in [2.24, 2.45) is 0 Å². The quantitative estimate of drug-likeness (QED) is 0.748. The molecule has 6 nitrogen and oxygen atoms in total. The van der Waals surface area contributed by atoms with Gasteiger partial charge < -0.3 is 19.6 Å². The van der Waals surface area contributed by atoms with E-state index in [1.807, 2.05) is 26.0 Å². The molecule has 4 rings (SSSR count). The van der Waals surface area contributed by atoms with Gasteiger partial charge in [-0.3, -0.25) is 0 Å². The maximum absolute atomic E-state index is 12.3. The number of carbonyl (C=O) groups excluding carboxylic acids is 1. The van der Waals surface area contributed by atoms with Crippen LogP contribution in [-0.4, -0.2) is 11.2 Å². The molecule has 0 radical (unpaired) electrons. The number of fused-ring (bicyclic) bond motifs is 3. The highest BCUT2D eigenvalue weighted by molar-refractivity contribution is 6.00. The van der Waals surface area contributed by atoms with Gasteiger partial charge in [0.25, 0.3) is 0 Å². The van der Waals surface area contributed by atoms with E-state index in [0.29, 0.717) is 12.2 Å². The van der Waals surface area contributed by atoms with Gasteiger partial charge in [-0.1, -0.05) is 17.3 Å². The molecule has 1 aliphatic carbocycles. The first-order valence-corrected chi connectivity index (χ1v) is 8.63. The summed E-state index contributed by atoms with van der Waals surface area (Å²) >= 11 is 0. The van der Waals surface area contributed by atoms with Crippen molar-refractivity contribution in [2.75, 3.05) is 5.32 Å². The molecule has 1 aliphatic rings. The minimum absolute atomic E-state index is 0.276. The number of amides is 2. The minimum Gasteiger partial charge on any atom is -0.459 e. The van der Waals surface area contributed by atoms with Crippen LogP contribution in [0.15, 0.2) is 27.1 Å². The predicted octanol–water partition coefficient (Wildman–Crippen LogP) is 4.24. The Kier molecular flexibility index (Phi) is 3.95. The van der Waals surface area contributed by atoms with Crippen molar-refractivity contribution in [3.8, 4) is 0 Å². The Balaban J connectivity index is 1.52. The molecular formula is C19H21N3O3. The van der Waals surface area contributed by atoms with Crippen LogP contribution in [0.4, 0.5) is 10.5 Å². The van der Waals surface area contributed by atoms with Crippen molar-refractivity contribution in [1.29, 1.82) is 0 Å². The van der Waals surface area contributed by atoms with Crippen molar-refractivity contribution in [2.45, 2.75) is 46.1 Å². The number of carbonyl (C=O) groups is 1. The third kappa shape index (κ3) is 2.88. The molecule has 2 aromatic heterocycles. The molecule has 25 heavy (non-hydrogen) atoms. The molecule has 1 aromatic carbocycles. The third-order valence-corrected chi connectivity index (χ3v) is 4.84. The first-order valence-electron chi connectivity index (χ1n) is 8.63. The molecule has 0 spiro atoms. The zero-order valence-electron chi connectivity index (χ0n) is 14.4. The maximum Gasteiger partial charge on any atom is 0.319 e. The average molecular weight is 339 g/mol. The molecule has 2 heterocycles. The van der Waals surface area contributed by atoms with E-state index in [1.165, 1.54) is 12.0 Å². The summed E-state index contributed by atoms with van der Waals surface area (Å²) in [6.45, 7) is 4.07. The fourth-order valence-electron chi connectivity index (χ4n) is 3.47. The molecule has 130 valence electrons. The monoisotopic (exact) mass is 339 g/mol. The average Bonchev–Trinajstić information content (AvgIpc) is 3.14. The lowest BCUT2D eigenvalue weighted by molar-refractivity contribution is 0.251. The number of para-hydroxylation sites is 1. The smallest absolute Gasteiger partial charge is 0.319 e. The first-order chi connectivity index (χ1) is 12.1. The zero-order chi connectivity index (χ0) is 17.4. The lowest BCUT2D eigenvalue weighted by atomic mass is 9.96. The summed E-state index contributed by atoms with van der Waals surface area (Å²) in [6, 6.07) is 5.61. The van der Waals surface area contributed by atoms with Crippen LogP contribution in [0.2, 0.25) is 0 Å². The molecule has 6 heteroatoms. The Hall–Kier alpha value is -2.76. The Bertz CT molecular complexity index is 919. The second kappa shape index (κ2) is 6.27. The van der Waals surface area contributed by atoms with Gasteiger partial charge in [-0.2, -0.15) is 0 Å². The topological polar surface area (TPSA) is 80.3 Å². The van der Waals surface area contributed by atoms with E-state index < -0.39 is 0 Å². The number of aromatic nitrogens is 1. The number of urea groups is 1. The number of hydrogen-bond donors (Lipinski definition) is 2. The second-order valence-electron chi connectivity index (χ2n) is 6.50. The Morgan fingerprint density at radius 1 is 1.24 bits per heavy atom. The fraction of sp³-hybridized carbons (Fsp3) is 0.368. The maximum atomic E-state index is 12.3. The lowest BCUT2D eigenvalue weighted by Crippen LogP contribution is -2.28. The Morgan fingerprint density at radius 2 is 2.08 bits per heavy atom. The number of nitrogens with zero attached hydrogens (tertiary/aromatic N) is 1. The van der Waals surface area contributed by atoms with E-state index in [4.69, 9.17) is 8.94 Å². The summed E-state index contributed by atoms with van der Waals surface area (Å²) < 4.78 is 11.2. The number of benzene rings is 1. The highest BCUT2D eigenvalue weighted by Crippen LogP contribution is 2.35. The van der Waals surface area contributed by atoms with Crippen molar-refractivity contribution < 1.29 is 13.7 Å². The molecular weight excluding hydrogens is 318 g/mol. The van der Waals surface area contributed by atoms with Crippen LogP contribution in [0.5, 0.6) is 0 Å². The molecule has 0 unspecified atom stereocenters. The van der Waals surface area contributed by atoms with Gasteiger partial charge in [0.1, 0.15) is 11.5 Å². The summed E-state index contributed by atoms with van der Waals surface area (Å²) in [4.78, 5) is 12.3. The van der Waals surface area contributed by atoms with Gasteiger partial charge >= 0.3 is 6.03 Å². The van der Waals surface area contributed by atoms with E-state index in [-0.39, 0.29) is 6.03 Å². The molecule has 2 N–H and O–H groups in total. The summed E-state index contributed by atoms with van der Waals surface area (Å²) in [5.74, 6) is 1.78. The van der Waals surface area contributed by atoms with Crippen LogP contribution >= 0.6 is 0 Å². The summed E-state index contributed by atoms with van der Waals surface area (Å²) in [7, 11) is 0. The van der Waals surface area contributed by atoms with Crippen molar-refractivity contribution >= 4 is 22.7 Å². The molecule has 0 saturated carbocycles. The molecule has 0 atom stereocenters. The van der Waals surface area contributed by atoms with E-state index in [9.17, 15) is 4.79 Å². The van der Waals surface area contributed by atoms with Gasteiger partial charge in [0, 0.05) is 29.5 Å². The van der Waals surface area contributed by atoms with E-state index in [1.54, 1.807) is 0 Å². The van der Waals surface area contributed by atoms with Crippen molar-refractivity contribution in [1.82, 2.24) is 10.5 Å². The minimum atomic E-state index is -0.276. The Morgan fingerprint density at radius 3 is 2.88 bits per heavy atom. The number of furan rings is 1. The van der Waals surface area contributed by atoms with Gasteiger partial charge in [0.15, 0.2) is 5.58 Å². The molecule has 0 aliphatic heterocycles. The van der Waals surface area contributed by atoms with E-state index >= 15 is 0 Å². The molecule has 3 aromatic rings. The highest BCUT2D eigenvalue weighted by atomic mass is 16.5. The van der Waals surface area contributed by atoms with Gasteiger partial charge in [0.05, 0.1) is 11.4 Å². The number of anilines is 1. The second-order valence-corrected chi connectivity index (χ2v) is 6.50. The van der Waals surface area contributed by atoms with Crippen LogP contribution in [-0.2, 0) is 19.4 Å². The standard InChI is InChI=1S/C19H21N3O3/c1-11-15(12(2)25-22-11)10-20-19(23)21-16-8-5-7-14-13-6-3-4-9-17(13)24-18(14)16/h5,7-8H,3-4,6,9-10H2,1-2H3,(H2,20,21,23). The van der Waals surface area contributed by atoms with Gasteiger partial charge in [-0.25, -0.2) is 4.79 Å². The normalized spacial score (nSPS) is 13.7. The predicted molar refractivity (Wildman–Crippen MR) is 94.7 cm³/mol. The number of nitrogens with one attached hydrogen (secondary N) is 2. The van der Waals surface area contributed by atoms with Crippen molar-refractivity contribution in [3.63, 3.8) is 0 Å². The van der Waals surface area contributed by atoms with Gasteiger partial charge in [-0.15, -0.1) is 0 Å². The van der Waals surface area contributed by atoms with E-state index in [2.05, 4.69) is 21.9 Å². The van der Waals surface area contributed by atoms with Gasteiger partial charge in [0.2, 0.25) is 0 Å². The third-order valence-electron chi connectivity index (χ3n) is 4.84. The summed E-state index contributed by atoms with van der Waals surface area (Å²) in [6.07, 6.45) is 4.37. The van der Waals surface area contributed by atoms with Gasteiger partial charge in [-0.05, 0) is 39.2 Å². The Labute approximate surface area is 145 Å². The zero-order valence-corrected chi connectivity index (χ0v) is 14.4. The van der Waals surface area contributed by atoms with Crippen LogP contribution in [0.25, 0.3) is 11.0 Å². The van der Waals surface area contributed by atoms with Crippen molar-refractivity contribution in [3.05, 3.63) is 46.5 Å². The number of aryl methyl sites for hydroxylation is 4. The summed E-state index contributed by atoms with van der Waals surface area (Å²) in [5, 5.41) is 10.8. The SMILES string of the molecule is Cc1noc(C)c1CNC(=O)Nc1cccc2c3c(oc12)CCCC3. The number of rotatable bonds is 3. The lowest BCUT2D eigenvalue weighted by Gasteiger charge is -2.08. The summed E-state index contributed by atoms with van der Waals surface area (Å²) in [5.41, 5.74) is 4.45. The first kappa shape index (κ1) is 15.7.